The van der Waals surface area contributed by atoms with Gasteiger partial charge in [0.2, 0.25) is 0 Å². The highest BCUT2D eigenvalue weighted by Gasteiger charge is 2.15. The molecular formula is C24H25BrN2O4S. The van der Waals surface area contributed by atoms with Crippen molar-refractivity contribution in [3.63, 3.8) is 0 Å². The van der Waals surface area contributed by atoms with Gasteiger partial charge in [-0.05, 0) is 86.0 Å². The summed E-state index contributed by atoms with van der Waals surface area (Å²) in [4.78, 5) is 12.3. The molecule has 1 amide bonds. The zero-order valence-electron chi connectivity index (χ0n) is 18.1. The number of anilines is 1. The molecule has 0 aliphatic heterocycles. The van der Waals surface area contributed by atoms with Crippen LogP contribution in [0.5, 0.6) is 5.75 Å². The van der Waals surface area contributed by atoms with Gasteiger partial charge in [-0.3, -0.25) is 9.52 Å². The molecule has 3 aromatic carbocycles. The minimum Gasteiger partial charge on any atom is -0.484 e. The Morgan fingerprint density at radius 1 is 1.00 bits per heavy atom. The Kier molecular flexibility index (Phi) is 7.58. The molecule has 0 unspecified atom stereocenters. The van der Waals surface area contributed by atoms with Gasteiger partial charge in [-0.1, -0.05) is 34.1 Å². The maximum absolute atomic E-state index is 12.6. The van der Waals surface area contributed by atoms with Crippen LogP contribution in [0.2, 0.25) is 0 Å². The van der Waals surface area contributed by atoms with E-state index in [-0.39, 0.29) is 23.5 Å². The maximum atomic E-state index is 12.6. The Morgan fingerprint density at radius 3 is 2.38 bits per heavy atom. The van der Waals surface area contributed by atoms with E-state index in [0.717, 1.165) is 21.2 Å². The van der Waals surface area contributed by atoms with Gasteiger partial charge in [0.05, 0.1) is 10.9 Å². The molecule has 0 aliphatic rings. The van der Waals surface area contributed by atoms with E-state index < -0.39 is 10.0 Å². The van der Waals surface area contributed by atoms with Crippen molar-refractivity contribution in [3.05, 3.63) is 87.9 Å². The molecule has 0 bridgehead atoms. The molecule has 3 rings (SSSR count). The smallest absolute Gasteiger partial charge is 0.261 e. The fourth-order valence-corrected chi connectivity index (χ4v) is 4.49. The topological polar surface area (TPSA) is 84.5 Å². The molecule has 32 heavy (non-hydrogen) atoms. The van der Waals surface area contributed by atoms with Crippen molar-refractivity contribution < 1.29 is 17.9 Å². The summed E-state index contributed by atoms with van der Waals surface area (Å²) in [5.41, 5.74) is 3.56. The third-order valence-electron chi connectivity index (χ3n) is 4.99. The van der Waals surface area contributed by atoms with Crippen molar-refractivity contribution >= 4 is 37.5 Å². The highest BCUT2D eigenvalue weighted by Crippen LogP contribution is 2.21. The number of aryl methyl sites for hydroxylation is 2. The first kappa shape index (κ1) is 23.8. The average molecular weight is 517 g/mol. The molecule has 0 aliphatic carbocycles. The molecule has 168 valence electrons. The van der Waals surface area contributed by atoms with Gasteiger partial charge in [-0.15, -0.1) is 0 Å². The van der Waals surface area contributed by atoms with E-state index in [0.29, 0.717) is 11.4 Å². The van der Waals surface area contributed by atoms with Crippen LogP contribution in [-0.2, 0) is 14.8 Å². The highest BCUT2D eigenvalue weighted by atomic mass is 79.9. The molecular weight excluding hydrogens is 492 g/mol. The molecule has 0 saturated heterocycles. The zero-order valence-corrected chi connectivity index (χ0v) is 20.5. The quantitative estimate of drug-likeness (QED) is 0.434. The summed E-state index contributed by atoms with van der Waals surface area (Å²) in [5.74, 6) is 0.131. The molecule has 6 nitrogen and oxygen atoms in total. The Morgan fingerprint density at radius 2 is 1.72 bits per heavy atom. The second-order valence-corrected chi connectivity index (χ2v) is 10.1. The Bertz CT molecular complexity index is 1210. The SMILES string of the molecule is Cc1ccc(NS(=O)(=O)c2ccc(OCC(=O)N[C@@H](C)c3cccc(Br)c3)cc2)cc1C. The van der Waals surface area contributed by atoms with E-state index in [9.17, 15) is 13.2 Å². The fourth-order valence-electron chi connectivity index (χ4n) is 3.03. The summed E-state index contributed by atoms with van der Waals surface area (Å²) in [5, 5.41) is 2.87. The van der Waals surface area contributed by atoms with E-state index in [2.05, 4.69) is 26.0 Å². The van der Waals surface area contributed by atoms with Crippen molar-refractivity contribution in [2.75, 3.05) is 11.3 Å². The third kappa shape index (κ3) is 6.34. The zero-order chi connectivity index (χ0) is 23.3. The van der Waals surface area contributed by atoms with Crippen molar-refractivity contribution in [1.29, 1.82) is 0 Å². The normalized spacial score (nSPS) is 12.1. The van der Waals surface area contributed by atoms with Crippen LogP contribution in [0.4, 0.5) is 5.69 Å². The van der Waals surface area contributed by atoms with Crippen LogP contribution in [0.3, 0.4) is 0 Å². The van der Waals surface area contributed by atoms with Crippen LogP contribution in [0.25, 0.3) is 0 Å². The minimum atomic E-state index is -3.73. The lowest BCUT2D eigenvalue weighted by molar-refractivity contribution is -0.123. The van der Waals surface area contributed by atoms with Gasteiger partial charge in [0.15, 0.2) is 6.61 Å². The summed E-state index contributed by atoms with van der Waals surface area (Å²) >= 11 is 3.42. The lowest BCUT2D eigenvalue weighted by Gasteiger charge is -2.15. The second-order valence-electron chi connectivity index (χ2n) is 7.51. The van der Waals surface area contributed by atoms with Gasteiger partial charge in [-0.25, -0.2) is 8.42 Å². The summed E-state index contributed by atoms with van der Waals surface area (Å²) in [6.07, 6.45) is 0. The Balaban J connectivity index is 1.56. The van der Waals surface area contributed by atoms with Gasteiger partial charge in [0.1, 0.15) is 5.75 Å². The maximum Gasteiger partial charge on any atom is 0.261 e. The van der Waals surface area contributed by atoms with Gasteiger partial charge in [0.25, 0.3) is 15.9 Å². The molecule has 0 radical (unpaired) electrons. The largest absolute Gasteiger partial charge is 0.484 e. The van der Waals surface area contributed by atoms with E-state index in [1.54, 1.807) is 12.1 Å². The number of halogens is 1. The summed E-state index contributed by atoms with van der Waals surface area (Å²) < 4.78 is 34.3. The average Bonchev–Trinajstić information content (AvgIpc) is 2.75. The minimum absolute atomic E-state index is 0.107. The molecule has 0 saturated carbocycles. The van der Waals surface area contributed by atoms with Crippen LogP contribution in [0, 0.1) is 13.8 Å². The van der Waals surface area contributed by atoms with E-state index >= 15 is 0 Å². The van der Waals surface area contributed by atoms with Crippen LogP contribution in [0.1, 0.15) is 29.7 Å². The molecule has 3 aromatic rings. The van der Waals surface area contributed by atoms with E-state index in [4.69, 9.17) is 4.74 Å². The number of carbonyl (C=O) groups excluding carboxylic acids is 1. The van der Waals surface area contributed by atoms with Crippen molar-refractivity contribution in [1.82, 2.24) is 5.32 Å². The molecule has 0 fully saturated rings. The Labute approximate surface area is 197 Å². The lowest BCUT2D eigenvalue weighted by Crippen LogP contribution is -2.31. The van der Waals surface area contributed by atoms with E-state index in [1.807, 2.05) is 51.1 Å². The molecule has 0 heterocycles. The standard InChI is InChI=1S/C24H25BrN2O4S/c1-16-7-8-21(13-17(16)2)27-32(29,30)23-11-9-22(10-12-23)31-15-24(28)26-18(3)19-5-4-6-20(25)14-19/h4-14,18,27H,15H2,1-3H3,(H,26,28)/t18-/m0/s1. The lowest BCUT2D eigenvalue weighted by atomic mass is 10.1. The van der Waals surface area contributed by atoms with Gasteiger partial charge >= 0.3 is 0 Å². The van der Waals surface area contributed by atoms with Gasteiger partial charge < -0.3 is 10.1 Å². The number of hydrogen-bond donors (Lipinski definition) is 2. The molecule has 1 atom stereocenters. The fraction of sp³-hybridized carbons (Fsp3) is 0.208. The number of ether oxygens (including phenoxy) is 1. The summed E-state index contributed by atoms with van der Waals surface area (Å²) in [7, 11) is -3.73. The first-order valence-corrected chi connectivity index (χ1v) is 12.3. The van der Waals surface area contributed by atoms with Crippen LogP contribution >= 0.6 is 15.9 Å². The van der Waals surface area contributed by atoms with Crippen LogP contribution in [-0.4, -0.2) is 20.9 Å². The molecule has 2 N–H and O–H groups in total. The number of sulfonamides is 1. The highest BCUT2D eigenvalue weighted by molar-refractivity contribution is 9.10. The molecule has 8 heteroatoms. The number of hydrogen-bond acceptors (Lipinski definition) is 4. The van der Waals surface area contributed by atoms with Gasteiger partial charge in [0, 0.05) is 10.2 Å². The predicted octanol–water partition coefficient (Wildman–Crippen LogP) is 5.12. The third-order valence-corrected chi connectivity index (χ3v) is 6.88. The first-order valence-electron chi connectivity index (χ1n) is 10.0. The number of amides is 1. The van der Waals surface area contributed by atoms with Crippen molar-refractivity contribution in [2.45, 2.75) is 31.7 Å². The van der Waals surface area contributed by atoms with Crippen LogP contribution < -0.4 is 14.8 Å². The molecule has 0 spiro atoms. The Hall–Kier alpha value is -2.84. The first-order chi connectivity index (χ1) is 15.1. The van der Waals surface area contributed by atoms with Gasteiger partial charge in [-0.2, -0.15) is 0 Å². The summed E-state index contributed by atoms with van der Waals surface area (Å²) in [6, 6.07) is 18.9. The number of carbonyl (C=O) groups is 1. The second kappa shape index (κ2) is 10.2. The van der Waals surface area contributed by atoms with Crippen molar-refractivity contribution in [3.8, 4) is 5.75 Å². The predicted molar refractivity (Wildman–Crippen MR) is 129 cm³/mol. The number of rotatable bonds is 8. The summed E-state index contributed by atoms with van der Waals surface area (Å²) in [6.45, 7) is 5.61. The van der Waals surface area contributed by atoms with Crippen LogP contribution in [0.15, 0.2) is 76.1 Å². The van der Waals surface area contributed by atoms with E-state index in [1.165, 1.54) is 24.3 Å². The molecule has 0 aromatic heterocycles. The number of nitrogens with one attached hydrogen (secondary N) is 2. The van der Waals surface area contributed by atoms with Crippen molar-refractivity contribution in [2.24, 2.45) is 0 Å². The number of benzene rings is 3. The monoisotopic (exact) mass is 516 g/mol.